The molecule has 0 amide bonds. The Labute approximate surface area is 274 Å². The topological polar surface area (TPSA) is 55.8 Å². The van der Waals surface area contributed by atoms with E-state index in [1.54, 1.807) is 0 Å². The minimum Gasteiger partial charge on any atom is -0.462 e. The van der Waals surface area contributed by atoms with Crippen molar-refractivity contribution >= 4 is 11.9 Å². The van der Waals surface area contributed by atoms with Gasteiger partial charge in [0.25, 0.3) is 0 Å². The largest absolute Gasteiger partial charge is 0.462 e. The number of esters is 2. The van der Waals surface area contributed by atoms with Crippen molar-refractivity contribution in [3.05, 3.63) is 0 Å². The van der Waals surface area contributed by atoms with Crippen LogP contribution in [0, 0.1) is 5.92 Å². The molecule has 0 aliphatic carbocycles. The molecule has 2 atom stereocenters. The number of ether oxygens (including phenoxy) is 2. The zero-order chi connectivity index (χ0) is 31.9. The van der Waals surface area contributed by atoms with Crippen LogP contribution in [0.25, 0.3) is 0 Å². The molecule has 0 aromatic rings. The molecule has 1 fully saturated rings. The van der Waals surface area contributed by atoms with E-state index in [4.69, 9.17) is 9.47 Å². The molecule has 5 heteroatoms. The number of hydrogen-bond acceptors (Lipinski definition) is 5. The highest BCUT2D eigenvalue weighted by Crippen LogP contribution is 2.23. The summed E-state index contributed by atoms with van der Waals surface area (Å²) in [4.78, 5) is 28.2. The van der Waals surface area contributed by atoms with Crippen LogP contribution in [0.15, 0.2) is 0 Å². The minimum absolute atomic E-state index is 0.103. The molecule has 2 unspecified atom stereocenters. The lowest BCUT2D eigenvalue weighted by atomic mass is 9.91. The first-order valence-corrected chi connectivity index (χ1v) is 19.7. The van der Waals surface area contributed by atoms with Crippen LogP contribution >= 0.6 is 0 Å². The van der Waals surface area contributed by atoms with Gasteiger partial charge < -0.3 is 14.4 Å². The van der Waals surface area contributed by atoms with E-state index in [1.165, 1.54) is 135 Å². The molecule has 1 saturated heterocycles. The van der Waals surface area contributed by atoms with Crippen molar-refractivity contribution in [2.45, 2.75) is 207 Å². The number of carbonyl (C=O) groups is 2. The van der Waals surface area contributed by atoms with E-state index >= 15 is 0 Å². The summed E-state index contributed by atoms with van der Waals surface area (Å²) in [6, 6.07) is 0. The predicted molar refractivity (Wildman–Crippen MR) is 187 cm³/mol. The number of carbonyl (C=O) groups excluding carboxylic acids is 2. The van der Waals surface area contributed by atoms with E-state index in [0.29, 0.717) is 18.8 Å². The fourth-order valence-corrected chi connectivity index (χ4v) is 6.62. The zero-order valence-electron chi connectivity index (χ0n) is 29.9. The van der Waals surface area contributed by atoms with Gasteiger partial charge >= 0.3 is 11.9 Å². The van der Waals surface area contributed by atoms with E-state index in [9.17, 15) is 9.59 Å². The SMILES string of the molecule is CCCCCCCCCCCCC(COC(=O)CC(CCCCCC)CCCCCCCC)OC(=O)CCN1CCCCC1. The molecule has 5 nitrogen and oxygen atoms in total. The fourth-order valence-electron chi connectivity index (χ4n) is 6.62. The van der Waals surface area contributed by atoms with Crippen LogP contribution in [0.2, 0.25) is 0 Å². The Bertz CT molecular complexity index is 648. The Morgan fingerprint density at radius 1 is 0.568 bits per heavy atom. The van der Waals surface area contributed by atoms with E-state index in [1.807, 2.05) is 0 Å². The maximum absolute atomic E-state index is 13.0. The van der Waals surface area contributed by atoms with Gasteiger partial charge in [0.15, 0.2) is 0 Å². The Hall–Kier alpha value is -1.10. The number of nitrogens with zero attached hydrogens (tertiary/aromatic N) is 1. The van der Waals surface area contributed by atoms with Crippen molar-refractivity contribution in [2.75, 3.05) is 26.2 Å². The lowest BCUT2D eigenvalue weighted by Crippen LogP contribution is -2.33. The van der Waals surface area contributed by atoms with Crippen LogP contribution < -0.4 is 0 Å². The standard InChI is InChI=1S/C39H75NO4/c1-4-7-10-13-15-16-17-18-20-24-29-37(44-38(41)30-33-40-31-25-21-26-32-40)35-43-39(42)34-36(27-22-12-9-6-3)28-23-19-14-11-8-5-2/h36-37H,4-35H2,1-3H3. The third-order valence-corrected chi connectivity index (χ3v) is 9.58. The third kappa shape index (κ3) is 25.1. The van der Waals surface area contributed by atoms with Crippen LogP contribution in [-0.2, 0) is 19.1 Å². The maximum Gasteiger partial charge on any atom is 0.307 e. The summed E-state index contributed by atoms with van der Waals surface area (Å²) >= 11 is 0. The second-order valence-corrected chi connectivity index (χ2v) is 13.9. The second-order valence-electron chi connectivity index (χ2n) is 13.9. The number of piperidine rings is 1. The van der Waals surface area contributed by atoms with Crippen molar-refractivity contribution in [2.24, 2.45) is 5.92 Å². The van der Waals surface area contributed by atoms with E-state index in [2.05, 4.69) is 25.7 Å². The van der Waals surface area contributed by atoms with Crippen LogP contribution in [0.3, 0.4) is 0 Å². The fraction of sp³-hybridized carbons (Fsp3) is 0.949. The van der Waals surface area contributed by atoms with E-state index in [0.717, 1.165) is 51.7 Å². The zero-order valence-corrected chi connectivity index (χ0v) is 29.9. The average molecular weight is 622 g/mol. The van der Waals surface area contributed by atoms with Crippen molar-refractivity contribution in [3.63, 3.8) is 0 Å². The molecule has 44 heavy (non-hydrogen) atoms. The first-order chi connectivity index (χ1) is 21.6. The van der Waals surface area contributed by atoms with Gasteiger partial charge in [0.1, 0.15) is 12.7 Å². The highest BCUT2D eigenvalue weighted by atomic mass is 16.6. The van der Waals surface area contributed by atoms with E-state index in [-0.39, 0.29) is 24.6 Å². The summed E-state index contributed by atoms with van der Waals surface area (Å²) in [5.41, 5.74) is 0. The Balaban J connectivity index is 2.50. The van der Waals surface area contributed by atoms with Gasteiger partial charge in [0, 0.05) is 13.0 Å². The van der Waals surface area contributed by atoms with E-state index < -0.39 is 0 Å². The molecule has 0 saturated carbocycles. The second kappa shape index (κ2) is 30.5. The molecule has 0 aromatic carbocycles. The van der Waals surface area contributed by atoms with Gasteiger partial charge in [-0.1, -0.05) is 149 Å². The molecule has 260 valence electrons. The molecular weight excluding hydrogens is 546 g/mol. The van der Waals surface area contributed by atoms with Crippen LogP contribution in [-0.4, -0.2) is 49.2 Å². The molecule has 1 aliphatic heterocycles. The first-order valence-electron chi connectivity index (χ1n) is 19.7. The summed E-state index contributed by atoms with van der Waals surface area (Å²) < 4.78 is 11.8. The van der Waals surface area contributed by atoms with Crippen molar-refractivity contribution in [1.29, 1.82) is 0 Å². The molecule has 1 rings (SSSR count). The van der Waals surface area contributed by atoms with Crippen molar-refractivity contribution < 1.29 is 19.1 Å². The molecule has 0 aromatic heterocycles. The first kappa shape index (κ1) is 40.9. The Morgan fingerprint density at radius 2 is 1.02 bits per heavy atom. The van der Waals surface area contributed by atoms with Crippen molar-refractivity contribution in [1.82, 2.24) is 4.90 Å². The molecule has 0 N–H and O–H groups in total. The van der Waals surface area contributed by atoms with Crippen LogP contribution in [0.4, 0.5) is 0 Å². The van der Waals surface area contributed by atoms with Crippen LogP contribution in [0.5, 0.6) is 0 Å². The number of rotatable bonds is 31. The lowest BCUT2D eigenvalue weighted by molar-refractivity contribution is -0.160. The van der Waals surface area contributed by atoms with Gasteiger partial charge in [-0.15, -0.1) is 0 Å². The summed E-state index contributed by atoms with van der Waals surface area (Å²) in [5, 5.41) is 0. The monoisotopic (exact) mass is 622 g/mol. The average Bonchev–Trinajstić information content (AvgIpc) is 3.03. The van der Waals surface area contributed by atoms with Gasteiger partial charge in [-0.05, 0) is 57.5 Å². The predicted octanol–water partition coefficient (Wildman–Crippen LogP) is 11.4. The van der Waals surface area contributed by atoms with Gasteiger partial charge in [-0.3, -0.25) is 9.59 Å². The lowest BCUT2D eigenvalue weighted by Gasteiger charge is -2.26. The molecule has 1 aliphatic rings. The molecular formula is C39H75NO4. The Morgan fingerprint density at radius 3 is 1.55 bits per heavy atom. The molecule has 0 spiro atoms. The summed E-state index contributed by atoms with van der Waals surface area (Å²) in [5.74, 6) is 0.174. The van der Waals surface area contributed by atoms with Gasteiger partial charge in [0.05, 0.1) is 6.42 Å². The number of hydrogen-bond donors (Lipinski definition) is 0. The Kier molecular flexibility index (Phi) is 28.4. The minimum atomic E-state index is -0.316. The molecule has 1 heterocycles. The summed E-state index contributed by atoms with van der Waals surface area (Å²) in [6.07, 6.45) is 32.9. The summed E-state index contributed by atoms with van der Waals surface area (Å²) in [7, 11) is 0. The maximum atomic E-state index is 13.0. The highest BCUT2D eigenvalue weighted by Gasteiger charge is 2.20. The van der Waals surface area contributed by atoms with Crippen LogP contribution in [0.1, 0.15) is 201 Å². The van der Waals surface area contributed by atoms with Gasteiger partial charge in [-0.2, -0.15) is 0 Å². The third-order valence-electron chi connectivity index (χ3n) is 9.58. The molecule has 0 radical (unpaired) electrons. The molecule has 0 bridgehead atoms. The summed E-state index contributed by atoms with van der Waals surface area (Å²) in [6.45, 7) is 9.95. The normalized spacial score (nSPS) is 15.2. The van der Waals surface area contributed by atoms with Gasteiger partial charge in [-0.25, -0.2) is 0 Å². The van der Waals surface area contributed by atoms with Gasteiger partial charge in [0.2, 0.25) is 0 Å². The smallest absolute Gasteiger partial charge is 0.307 e. The quantitative estimate of drug-likeness (QED) is 0.0569. The highest BCUT2D eigenvalue weighted by molar-refractivity contribution is 5.70. The number of likely N-dealkylation sites (tertiary alicyclic amines) is 1. The number of unbranched alkanes of at least 4 members (excludes halogenated alkanes) is 17. The van der Waals surface area contributed by atoms with Crippen molar-refractivity contribution in [3.8, 4) is 0 Å².